The van der Waals surface area contributed by atoms with E-state index in [4.69, 9.17) is 0 Å². The summed E-state index contributed by atoms with van der Waals surface area (Å²) in [5, 5.41) is 5.46. The van der Waals surface area contributed by atoms with Gasteiger partial charge < -0.3 is 10.6 Å². The number of nitrogens with one attached hydrogen (secondary N) is 2. The summed E-state index contributed by atoms with van der Waals surface area (Å²) < 4.78 is 13.8. The van der Waals surface area contributed by atoms with Crippen molar-refractivity contribution in [1.29, 1.82) is 0 Å². The third kappa shape index (κ3) is 3.98. The first-order chi connectivity index (χ1) is 8.31. The fraction of sp³-hybridized carbons (Fsp3) is 0.462. The van der Waals surface area contributed by atoms with Crippen LogP contribution in [0.25, 0.3) is 0 Å². The maximum atomic E-state index is 13.4. The lowest BCUT2D eigenvalue weighted by atomic mass is 10.1. The van der Waals surface area contributed by atoms with Crippen molar-refractivity contribution in [3.63, 3.8) is 0 Å². The number of carbonyl (C=O) groups excluding carboxylic acids is 1. The summed E-state index contributed by atoms with van der Waals surface area (Å²) in [5.74, 6) is -0.0497. The number of amides is 2. The number of hydrogen-bond acceptors (Lipinski definition) is 1. The van der Waals surface area contributed by atoms with E-state index in [2.05, 4.69) is 26.6 Å². The molecule has 0 radical (unpaired) electrons. The van der Waals surface area contributed by atoms with Crippen LogP contribution in [-0.2, 0) is 0 Å². The molecule has 0 aliphatic heterocycles. The normalized spacial score (nSPS) is 12.4. The van der Waals surface area contributed by atoms with Crippen molar-refractivity contribution in [2.75, 3.05) is 5.32 Å². The van der Waals surface area contributed by atoms with Gasteiger partial charge in [-0.2, -0.15) is 0 Å². The van der Waals surface area contributed by atoms with Gasteiger partial charge in [0.2, 0.25) is 0 Å². The Balaban J connectivity index is 2.73. The van der Waals surface area contributed by atoms with Crippen molar-refractivity contribution in [1.82, 2.24) is 5.32 Å². The fourth-order valence-electron chi connectivity index (χ4n) is 1.31. The van der Waals surface area contributed by atoms with E-state index in [1.165, 1.54) is 6.07 Å². The van der Waals surface area contributed by atoms with E-state index in [1.807, 2.05) is 27.7 Å². The van der Waals surface area contributed by atoms with E-state index < -0.39 is 5.82 Å². The summed E-state index contributed by atoms with van der Waals surface area (Å²) in [5.41, 5.74) is 1.28. The molecule has 3 nitrogen and oxygen atoms in total. The zero-order valence-corrected chi connectivity index (χ0v) is 12.6. The molecular formula is C13H18BrFN2O. The lowest BCUT2D eigenvalue weighted by Gasteiger charge is -2.18. The van der Waals surface area contributed by atoms with Crippen molar-refractivity contribution >= 4 is 27.6 Å². The van der Waals surface area contributed by atoms with Gasteiger partial charge in [0.1, 0.15) is 5.82 Å². The number of anilines is 1. The van der Waals surface area contributed by atoms with Crippen molar-refractivity contribution in [3.05, 3.63) is 28.0 Å². The van der Waals surface area contributed by atoms with Crippen LogP contribution in [-0.4, -0.2) is 12.1 Å². The Hall–Kier alpha value is -1.10. The Labute approximate surface area is 115 Å². The smallest absolute Gasteiger partial charge is 0.319 e. The molecule has 0 bridgehead atoms. The summed E-state index contributed by atoms with van der Waals surface area (Å²) in [7, 11) is 0. The minimum absolute atomic E-state index is 0.0607. The van der Waals surface area contributed by atoms with Gasteiger partial charge in [-0.1, -0.05) is 13.8 Å². The molecule has 1 aromatic carbocycles. The highest BCUT2D eigenvalue weighted by atomic mass is 79.9. The fourth-order valence-corrected chi connectivity index (χ4v) is 1.77. The molecule has 1 unspecified atom stereocenters. The van der Waals surface area contributed by atoms with Gasteiger partial charge in [-0.15, -0.1) is 0 Å². The van der Waals surface area contributed by atoms with E-state index in [9.17, 15) is 9.18 Å². The van der Waals surface area contributed by atoms with Crippen molar-refractivity contribution < 1.29 is 9.18 Å². The molecule has 100 valence electrons. The van der Waals surface area contributed by atoms with Gasteiger partial charge in [0.05, 0.1) is 4.47 Å². The molecule has 2 amide bonds. The van der Waals surface area contributed by atoms with Crippen molar-refractivity contribution in [2.45, 2.75) is 33.7 Å². The third-order valence-corrected chi connectivity index (χ3v) is 3.48. The minimum atomic E-state index is -0.396. The molecule has 1 atom stereocenters. The molecule has 0 fully saturated rings. The van der Waals surface area contributed by atoms with Crippen LogP contribution in [0.4, 0.5) is 14.9 Å². The first-order valence-electron chi connectivity index (χ1n) is 5.84. The summed E-state index contributed by atoms with van der Waals surface area (Å²) in [4.78, 5) is 11.7. The maximum Gasteiger partial charge on any atom is 0.319 e. The Morgan fingerprint density at radius 3 is 2.50 bits per heavy atom. The summed E-state index contributed by atoms with van der Waals surface area (Å²) in [6, 6.07) is 2.68. The molecule has 0 heterocycles. The predicted octanol–water partition coefficient (Wildman–Crippen LogP) is 4.06. The molecule has 0 spiro atoms. The molecule has 0 aromatic heterocycles. The summed E-state index contributed by atoms with van der Waals surface area (Å²) in [6.07, 6.45) is 0. The molecule has 0 aliphatic carbocycles. The van der Waals surface area contributed by atoms with Crippen LogP contribution < -0.4 is 10.6 Å². The second-order valence-electron chi connectivity index (χ2n) is 4.71. The number of rotatable bonds is 3. The minimum Gasteiger partial charge on any atom is -0.335 e. The van der Waals surface area contributed by atoms with Gasteiger partial charge in [-0.3, -0.25) is 0 Å². The third-order valence-electron chi connectivity index (χ3n) is 2.87. The van der Waals surface area contributed by atoms with Gasteiger partial charge in [-0.25, -0.2) is 9.18 Å². The monoisotopic (exact) mass is 316 g/mol. The number of carbonyl (C=O) groups is 1. The molecule has 0 saturated carbocycles. The lowest BCUT2D eigenvalue weighted by Crippen LogP contribution is -2.39. The largest absolute Gasteiger partial charge is 0.335 e. The SMILES string of the molecule is Cc1cc(Br)c(F)cc1NC(=O)NC(C)C(C)C. The average Bonchev–Trinajstić information content (AvgIpc) is 2.25. The van der Waals surface area contributed by atoms with E-state index in [0.29, 0.717) is 16.1 Å². The second kappa shape index (κ2) is 6.18. The number of halogens is 2. The van der Waals surface area contributed by atoms with Crippen molar-refractivity contribution in [2.24, 2.45) is 5.92 Å². The van der Waals surface area contributed by atoms with Gasteiger partial charge >= 0.3 is 6.03 Å². The molecular weight excluding hydrogens is 299 g/mol. The topological polar surface area (TPSA) is 41.1 Å². The standard InChI is InChI=1S/C13H18BrFN2O/c1-7(2)9(4)16-13(18)17-12-6-11(15)10(14)5-8(12)3/h5-7,9H,1-4H3,(H2,16,17,18). The van der Waals surface area contributed by atoms with Crippen LogP contribution >= 0.6 is 15.9 Å². The molecule has 5 heteroatoms. The van der Waals surface area contributed by atoms with Crippen LogP contribution in [0.3, 0.4) is 0 Å². The van der Waals surface area contributed by atoms with E-state index >= 15 is 0 Å². The summed E-state index contributed by atoms with van der Waals surface area (Å²) >= 11 is 3.10. The van der Waals surface area contributed by atoms with Crippen LogP contribution in [0.15, 0.2) is 16.6 Å². The molecule has 18 heavy (non-hydrogen) atoms. The number of urea groups is 1. The molecule has 1 rings (SSSR count). The number of aryl methyl sites for hydroxylation is 1. The van der Waals surface area contributed by atoms with Gasteiger partial charge in [0.25, 0.3) is 0 Å². The molecule has 0 aliphatic rings. The molecule has 2 N–H and O–H groups in total. The lowest BCUT2D eigenvalue weighted by molar-refractivity contribution is 0.246. The zero-order valence-electron chi connectivity index (χ0n) is 11.0. The van der Waals surface area contributed by atoms with E-state index in [1.54, 1.807) is 6.07 Å². The van der Waals surface area contributed by atoms with Crippen LogP contribution in [0.2, 0.25) is 0 Å². The summed E-state index contributed by atoms with van der Waals surface area (Å²) in [6.45, 7) is 7.79. The van der Waals surface area contributed by atoms with Crippen molar-refractivity contribution in [3.8, 4) is 0 Å². The predicted molar refractivity (Wildman–Crippen MR) is 75.3 cm³/mol. The second-order valence-corrected chi connectivity index (χ2v) is 5.57. The highest BCUT2D eigenvalue weighted by Crippen LogP contribution is 2.23. The van der Waals surface area contributed by atoms with Gasteiger partial charge in [-0.05, 0) is 53.4 Å². The van der Waals surface area contributed by atoms with Crippen LogP contribution in [0, 0.1) is 18.7 Å². The van der Waals surface area contributed by atoms with Crippen LogP contribution in [0.1, 0.15) is 26.3 Å². The number of hydrogen-bond donors (Lipinski definition) is 2. The molecule has 0 saturated heterocycles. The van der Waals surface area contributed by atoms with Gasteiger partial charge in [0.15, 0.2) is 0 Å². The Bertz CT molecular complexity index is 449. The van der Waals surface area contributed by atoms with E-state index in [-0.39, 0.29) is 12.1 Å². The first kappa shape index (κ1) is 15.0. The van der Waals surface area contributed by atoms with Gasteiger partial charge in [0, 0.05) is 11.7 Å². The van der Waals surface area contributed by atoms with Crippen LogP contribution in [0.5, 0.6) is 0 Å². The highest BCUT2D eigenvalue weighted by molar-refractivity contribution is 9.10. The van der Waals surface area contributed by atoms with E-state index in [0.717, 1.165) is 5.56 Å². The highest BCUT2D eigenvalue weighted by Gasteiger charge is 2.12. The first-order valence-corrected chi connectivity index (χ1v) is 6.63. The Morgan fingerprint density at radius 2 is 1.94 bits per heavy atom. The Morgan fingerprint density at radius 1 is 1.33 bits per heavy atom. The molecule has 1 aromatic rings. The maximum absolute atomic E-state index is 13.4. The number of benzene rings is 1. The quantitative estimate of drug-likeness (QED) is 0.867. The average molecular weight is 317 g/mol. The Kier molecular flexibility index (Phi) is 5.14. The zero-order chi connectivity index (χ0) is 13.9.